The van der Waals surface area contributed by atoms with E-state index in [2.05, 4.69) is 31.9 Å². The summed E-state index contributed by atoms with van der Waals surface area (Å²) in [4.78, 5) is 0. The van der Waals surface area contributed by atoms with Crippen molar-refractivity contribution >= 4 is 31.9 Å². The molecule has 1 aromatic carbocycles. The Morgan fingerprint density at radius 3 is 1.54 bits per heavy atom. The molecule has 0 aliphatic carbocycles. The lowest BCUT2D eigenvalue weighted by Gasteiger charge is -2.20. The first-order valence-corrected chi connectivity index (χ1v) is 10.1. The van der Waals surface area contributed by atoms with Crippen molar-refractivity contribution in [3.05, 3.63) is 21.1 Å². The average molecular weight is 496 g/mol. The van der Waals surface area contributed by atoms with Gasteiger partial charge in [-0.1, -0.05) is 0 Å². The largest absolute Gasteiger partial charge is 0.487 e. The number of rotatable bonds is 6. The Bertz CT molecular complexity index is 594. The maximum atomic E-state index is 5.95. The zero-order valence-corrected chi connectivity index (χ0v) is 18.5. The minimum atomic E-state index is -0.569. The van der Waals surface area contributed by atoms with Crippen LogP contribution in [0.3, 0.4) is 0 Å². The van der Waals surface area contributed by atoms with Gasteiger partial charge in [0.25, 0.3) is 0 Å². The molecule has 0 spiro atoms. The van der Waals surface area contributed by atoms with Crippen molar-refractivity contribution in [2.24, 2.45) is 0 Å². The molecule has 0 saturated carbocycles. The number of benzene rings is 1. The lowest BCUT2D eigenvalue weighted by Crippen LogP contribution is -2.26. The smallest absolute Gasteiger partial charge is 0.163 e. The highest BCUT2D eigenvalue weighted by atomic mass is 79.9. The van der Waals surface area contributed by atoms with E-state index in [-0.39, 0.29) is 12.2 Å². The molecule has 26 heavy (non-hydrogen) atoms. The summed E-state index contributed by atoms with van der Waals surface area (Å²) in [5.41, 5.74) is 0. The van der Waals surface area contributed by atoms with Crippen LogP contribution in [0.4, 0.5) is 0 Å². The fourth-order valence-electron chi connectivity index (χ4n) is 2.79. The van der Waals surface area contributed by atoms with E-state index in [0.717, 1.165) is 8.95 Å². The number of halogens is 2. The molecule has 6 nitrogen and oxygen atoms in total. The molecule has 0 bridgehead atoms. The second-order valence-electron chi connectivity index (χ2n) is 7.24. The summed E-state index contributed by atoms with van der Waals surface area (Å²) in [5.74, 6) is 0.124. The predicted molar refractivity (Wildman–Crippen MR) is 103 cm³/mol. The maximum Gasteiger partial charge on any atom is 0.163 e. The van der Waals surface area contributed by atoms with E-state index >= 15 is 0 Å². The summed E-state index contributed by atoms with van der Waals surface area (Å²) in [5, 5.41) is 0. The normalized spacial score (nSPS) is 26.8. The van der Waals surface area contributed by atoms with Crippen LogP contribution in [0.5, 0.6) is 11.5 Å². The maximum absolute atomic E-state index is 5.95. The van der Waals surface area contributed by atoms with E-state index in [0.29, 0.717) is 37.9 Å². The Kier molecular flexibility index (Phi) is 6.21. The van der Waals surface area contributed by atoms with E-state index in [4.69, 9.17) is 28.4 Å². The molecule has 8 heteroatoms. The van der Waals surface area contributed by atoms with Gasteiger partial charge in [-0.25, -0.2) is 0 Å². The van der Waals surface area contributed by atoms with Crippen LogP contribution in [-0.4, -0.2) is 50.2 Å². The SMILES string of the molecule is CC1(C)OCC(COc2cc(Br)c(Br)cc2OCC2COC(C)(C)O2)O1. The highest BCUT2D eigenvalue weighted by Gasteiger charge is 2.34. The molecule has 2 saturated heterocycles. The van der Waals surface area contributed by atoms with Crippen molar-refractivity contribution < 1.29 is 28.4 Å². The fourth-order valence-corrected chi connectivity index (χ4v) is 3.44. The third-order valence-electron chi connectivity index (χ3n) is 3.97. The van der Waals surface area contributed by atoms with Crippen LogP contribution in [0.25, 0.3) is 0 Å². The van der Waals surface area contributed by atoms with Gasteiger partial charge >= 0.3 is 0 Å². The molecular weight excluding hydrogens is 472 g/mol. The van der Waals surface area contributed by atoms with Crippen molar-refractivity contribution in [2.75, 3.05) is 26.4 Å². The van der Waals surface area contributed by atoms with E-state index in [1.54, 1.807) is 0 Å². The van der Waals surface area contributed by atoms with E-state index < -0.39 is 11.6 Å². The molecule has 2 atom stereocenters. The molecule has 0 radical (unpaired) electrons. The Morgan fingerprint density at radius 2 is 1.23 bits per heavy atom. The molecule has 1 aromatic rings. The van der Waals surface area contributed by atoms with Crippen molar-refractivity contribution in [3.8, 4) is 11.5 Å². The van der Waals surface area contributed by atoms with Gasteiger partial charge in [0, 0.05) is 8.95 Å². The van der Waals surface area contributed by atoms with Gasteiger partial charge in [0.05, 0.1) is 13.2 Å². The third kappa shape index (κ3) is 5.33. The van der Waals surface area contributed by atoms with Crippen LogP contribution in [0, 0.1) is 0 Å². The van der Waals surface area contributed by atoms with Crippen LogP contribution >= 0.6 is 31.9 Å². The van der Waals surface area contributed by atoms with Crippen LogP contribution in [0.1, 0.15) is 27.7 Å². The molecule has 146 valence electrons. The van der Waals surface area contributed by atoms with Gasteiger partial charge in [-0.2, -0.15) is 0 Å². The molecular formula is C18H24Br2O6. The van der Waals surface area contributed by atoms with E-state index in [1.165, 1.54) is 0 Å². The van der Waals surface area contributed by atoms with Crippen molar-refractivity contribution in [1.82, 2.24) is 0 Å². The second-order valence-corrected chi connectivity index (χ2v) is 8.95. The summed E-state index contributed by atoms with van der Waals surface area (Å²) in [6.45, 7) is 9.33. The van der Waals surface area contributed by atoms with Crippen molar-refractivity contribution in [3.63, 3.8) is 0 Å². The molecule has 2 aliphatic rings. The minimum absolute atomic E-state index is 0.118. The molecule has 2 fully saturated rings. The number of hydrogen-bond acceptors (Lipinski definition) is 6. The third-order valence-corrected chi connectivity index (χ3v) is 5.81. The quantitative estimate of drug-likeness (QED) is 0.587. The first-order valence-electron chi connectivity index (χ1n) is 8.52. The Labute approximate surface area is 170 Å². The second kappa shape index (κ2) is 7.93. The molecule has 2 aliphatic heterocycles. The van der Waals surface area contributed by atoms with Crippen LogP contribution in [0.15, 0.2) is 21.1 Å². The summed E-state index contributed by atoms with van der Waals surface area (Å²) >= 11 is 7.00. The van der Waals surface area contributed by atoms with Gasteiger partial charge < -0.3 is 28.4 Å². The standard InChI is InChI=1S/C18H24Br2O6/c1-17(2)23-9-11(25-17)7-21-15-5-13(19)14(20)6-16(15)22-8-12-10-24-18(3,4)26-12/h5-6,11-12H,7-10H2,1-4H3. The lowest BCUT2D eigenvalue weighted by atomic mass is 10.3. The Balaban J connectivity index is 1.62. The lowest BCUT2D eigenvalue weighted by molar-refractivity contribution is -0.142. The summed E-state index contributed by atoms with van der Waals surface area (Å²) in [7, 11) is 0. The summed E-state index contributed by atoms with van der Waals surface area (Å²) in [6, 6.07) is 3.74. The summed E-state index contributed by atoms with van der Waals surface area (Å²) in [6.07, 6.45) is -0.236. The van der Waals surface area contributed by atoms with Gasteiger partial charge in [0.2, 0.25) is 0 Å². The first-order chi connectivity index (χ1) is 12.1. The topological polar surface area (TPSA) is 55.4 Å². The first kappa shape index (κ1) is 20.4. The van der Waals surface area contributed by atoms with Crippen LogP contribution in [0.2, 0.25) is 0 Å². The molecule has 0 amide bonds. The van der Waals surface area contributed by atoms with E-state index in [9.17, 15) is 0 Å². The van der Waals surface area contributed by atoms with Crippen LogP contribution in [-0.2, 0) is 18.9 Å². The zero-order valence-electron chi connectivity index (χ0n) is 15.3. The Hall–Kier alpha value is -0.380. The number of hydrogen-bond donors (Lipinski definition) is 0. The van der Waals surface area contributed by atoms with Gasteiger partial charge in [0.1, 0.15) is 25.4 Å². The molecule has 0 aromatic heterocycles. The molecule has 3 rings (SSSR count). The van der Waals surface area contributed by atoms with Crippen molar-refractivity contribution in [1.29, 1.82) is 0 Å². The summed E-state index contributed by atoms with van der Waals surface area (Å²) < 4.78 is 36.4. The molecule has 2 unspecified atom stereocenters. The Morgan fingerprint density at radius 1 is 0.846 bits per heavy atom. The fraction of sp³-hybridized carbons (Fsp3) is 0.667. The molecule has 2 heterocycles. The highest BCUT2D eigenvalue weighted by molar-refractivity contribution is 9.13. The monoisotopic (exact) mass is 494 g/mol. The molecule has 0 N–H and O–H groups in total. The zero-order chi connectivity index (χ0) is 18.9. The minimum Gasteiger partial charge on any atom is -0.487 e. The van der Waals surface area contributed by atoms with Crippen LogP contribution < -0.4 is 9.47 Å². The van der Waals surface area contributed by atoms with E-state index in [1.807, 2.05) is 39.8 Å². The number of ether oxygens (including phenoxy) is 6. The average Bonchev–Trinajstić information content (AvgIpc) is 3.08. The van der Waals surface area contributed by atoms with Gasteiger partial charge in [0.15, 0.2) is 23.1 Å². The van der Waals surface area contributed by atoms with Gasteiger partial charge in [-0.3, -0.25) is 0 Å². The highest BCUT2D eigenvalue weighted by Crippen LogP contribution is 2.37. The predicted octanol–water partition coefficient (Wildman–Crippen LogP) is 4.27. The van der Waals surface area contributed by atoms with Gasteiger partial charge in [-0.15, -0.1) is 0 Å². The van der Waals surface area contributed by atoms with Crippen molar-refractivity contribution in [2.45, 2.75) is 51.5 Å². The van der Waals surface area contributed by atoms with Gasteiger partial charge in [-0.05, 0) is 71.7 Å².